The summed E-state index contributed by atoms with van der Waals surface area (Å²) in [6, 6.07) is 0.747. The van der Waals surface area contributed by atoms with Crippen LogP contribution in [0.15, 0.2) is 0 Å². The second-order valence-corrected chi connectivity index (χ2v) is 7.61. The Morgan fingerprint density at radius 2 is 1.95 bits per heavy atom. The molecular weight excluding hydrogens is 232 g/mol. The van der Waals surface area contributed by atoms with Crippen LogP contribution in [0.3, 0.4) is 0 Å². The molecule has 112 valence electrons. The Balaban J connectivity index is 1.87. The van der Waals surface area contributed by atoms with Gasteiger partial charge in [-0.25, -0.2) is 0 Å². The van der Waals surface area contributed by atoms with Gasteiger partial charge >= 0.3 is 0 Å². The van der Waals surface area contributed by atoms with Crippen LogP contribution in [0.2, 0.25) is 0 Å². The fourth-order valence-corrected chi connectivity index (χ4v) is 4.05. The number of rotatable bonds is 6. The summed E-state index contributed by atoms with van der Waals surface area (Å²) in [4.78, 5) is 2.73. The summed E-state index contributed by atoms with van der Waals surface area (Å²) in [5.74, 6) is 0.941. The van der Waals surface area contributed by atoms with E-state index in [1.807, 2.05) is 0 Å². The molecule has 0 aromatic heterocycles. The van der Waals surface area contributed by atoms with E-state index in [-0.39, 0.29) is 0 Å². The SMILES string of the molecule is CCCNC(CN1CCCC(C)(C)C1)C1CCCC1. The van der Waals surface area contributed by atoms with Crippen molar-refractivity contribution in [3.63, 3.8) is 0 Å². The fourth-order valence-electron chi connectivity index (χ4n) is 4.05. The number of nitrogens with one attached hydrogen (secondary N) is 1. The fraction of sp³-hybridized carbons (Fsp3) is 1.00. The average molecular weight is 266 g/mol. The summed E-state index contributed by atoms with van der Waals surface area (Å²) in [6.07, 6.45) is 9.88. The lowest BCUT2D eigenvalue weighted by molar-refractivity contribution is 0.0983. The molecule has 2 nitrogen and oxygen atoms in total. The predicted octanol–water partition coefficient (Wildman–Crippen LogP) is 3.67. The topological polar surface area (TPSA) is 15.3 Å². The summed E-state index contributed by atoms with van der Waals surface area (Å²) in [7, 11) is 0. The second kappa shape index (κ2) is 7.08. The Bertz CT molecular complexity index is 256. The molecule has 0 bridgehead atoms. The van der Waals surface area contributed by atoms with Gasteiger partial charge in [-0.15, -0.1) is 0 Å². The molecule has 1 aliphatic heterocycles. The zero-order valence-corrected chi connectivity index (χ0v) is 13.4. The molecule has 0 aromatic carbocycles. The standard InChI is InChI=1S/C17H34N2/c1-4-11-18-16(15-8-5-6-9-15)13-19-12-7-10-17(2,3)14-19/h15-16,18H,4-14H2,1-3H3. The van der Waals surface area contributed by atoms with Crippen molar-refractivity contribution in [2.24, 2.45) is 11.3 Å². The molecule has 1 unspecified atom stereocenters. The Kier molecular flexibility index (Phi) is 5.70. The van der Waals surface area contributed by atoms with E-state index < -0.39 is 0 Å². The first-order chi connectivity index (χ1) is 9.11. The molecule has 2 aliphatic rings. The van der Waals surface area contributed by atoms with Gasteiger partial charge in [-0.1, -0.05) is 33.6 Å². The van der Waals surface area contributed by atoms with E-state index in [9.17, 15) is 0 Å². The summed E-state index contributed by atoms with van der Waals surface area (Å²) < 4.78 is 0. The Labute approximate surface area is 120 Å². The minimum Gasteiger partial charge on any atom is -0.312 e. The van der Waals surface area contributed by atoms with Crippen molar-refractivity contribution in [3.05, 3.63) is 0 Å². The number of nitrogens with zero attached hydrogens (tertiary/aromatic N) is 1. The largest absolute Gasteiger partial charge is 0.312 e. The van der Waals surface area contributed by atoms with Crippen molar-refractivity contribution in [2.75, 3.05) is 26.2 Å². The van der Waals surface area contributed by atoms with E-state index in [2.05, 4.69) is 31.0 Å². The lowest BCUT2D eigenvalue weighted by Gasteiger charge is -2.40. The Morgan fingerprint density at radius 3 is 2.58 bits per heavy atom. The van der Waals surface area contributed by atoms with Crippen molar-refractivity contribution in [1.82, 2.24) is 10.2 Å². The summed E-state index contributed by atoms with van der Waals surface area (Å²) in [5, 5.41) is 3.84. The lowest BCUT2D eigenvalue weighted by Crippen LogP contribution is -2.49. The molecule has 0 spiro atoms. The van der Waals surface area contributed by atoms with E-state index in [1.54, 1.807) is 0 Å². The van der Waals surface area contributed by atoms with E-state index in [0.717, 1.165) is 12.0 Å². The quantitative estimate of drug-likeness (QED) is 0.789. The first kappa shape index (κ1) is 15.3. The highest BCUT2D eigenvalue weighted by Gasteiger charge is 2.30. The molecule has 1 atom stereocenters. The van der Waals surface area contributed by atoms with Crippen LogP contribution in [0.1, 0.15) is 65.7 Å². The van der Waals surface area contributed by atoms with Gasteiger partial charge < -0.3 is 10.2 Å². The molecule has 1 saturated carbocycles. The highest BCUT2D eigenvalue weighted by atomic mass is 15.2. The summed E-state index contributed by atoms with van der Waals surface area (Å²) in [5.41, 5.74) is 0.531. The molecule has 1 saturated heterocycles. The van der Waals surface area contributed by atoms with Crippen LogP contribution in [-0.2, 0) is 0 Å². The van der Waals surface area contributed by atoms with Crippen molar-refractivity contribution in [2.45, 2.75) is 71.8 Å². The minimum absolute atomic E-state index is 0.531. The Morgan fingerprint density at radius 1 is 1.21 bits per heavy atom. The van der Waals surface area contributed by atoms with Gasteiger partial charge in [0.05, 0.1) is 0 Å². The molecule has 1 N–H and O–H groups in total. The maximum absolute atomic E-state index is 3.84. The number of hydrogen-bond donors (Lipinski definition) is 1. The molecule has 2 rings (SSSR count). The number of likely N-dealkylation sites (tertiary alicyclic amines) is 1. The van der Waals surface area contributed by atoms with Crippen molar-refractivity contribution < 1.29 is 0 Å². The molecule has 19 heavy (non-hydrogen) atoms. The third kappa shape index (κ3) is 4.75. The van der Waals surface area contributed by atoms with E-state index in [1.165, 1.54) is 71.1 Å². The lowest BCUT2D eigenvalue weighted by atomic mass is 9.83. The van der Waals surface area contributed by atoms with Gasteiger partial charge in [-0.3, -0.25) is 0 Å². The smallest absolute Gasteiger partial charge is 0.0223 e. The minimum atomic E-state index is 0.531. The zero-order chi connectivity index (χ0) is 13.7. The van der Waals surface area contributed by atoms with E-state index in [4.69, 9.17) is 0 Å². The van der Waals surface area contributed by atoms with Crippen LogP contribution >= 0.6 is 0 Å². The molecule has 0 amide bonds. The predicted molar refractivity (Wildman–Crippen MR) is 83.5 cm³/mol. The second-order valence-electron chi connectivity index (χ2n) is 7.61. The monoisotopic (exact) mass is 266 g/mol. The molecule has 0 radical (unpaired) electrons. The van der Waals surface area contributed by atoms with Crippen molar-refractivity contribution in [1.29, 1.82) is 0 Å². The van der Waals surface area contributed by atoms with Crippen LogP contribution in [-0.4, -0.2) is 37.1 Å². The maximum atomic E-state index is 3.84. The van der Waals surface area contributed by atoms with Gasteiger partial charge in [0.25, 0.3) is 0 Å². The van der Waals surface area contributed by atoms with Crippen LogP contribution in [0, 0.1) is 11.3 Å². The van der Waals surface area contributed by atoms with Gasteiger partial charge in [0.1, 0.15) is 0 Å². The maximum Gasteiger partial charge on any atom is 0.0223 e. The molecule has 2 fully saturated rings. The summed E-state index contributed by atoms with van der Waals surface area (Å²) >= 11 is 0. The van der Waals surface area contributed by atoms with Crippen molar-refractivity contribution >= 4 is 0 Å². The highest BCUT2D eigenvalue weighted by molar-refractivity contribution is 4.87. The average Bonchev–Trinajstić information content (AvgIpc) is 2.87. The summed E-state index contributed by atoms with van der Waals surface area (Å²) in [6.45, 7) is 12.2. The van der Waals surface area contributed by atoms with Gasteiger partial charge in [0.2, 0.25) is 0 Å². The highest BCUT2D eigenvalue weighted by Crippen LogP contribution is 2.31. The molecule has 1 heterocycles. The molecule has 0 aromatic rings. The third-order valence-electron chi connectivity index (χ3n) is 5.06. The number of hydrogen-bond acceptors (Lipinski definition) is 2. The van der Waals surface area contributed by atoms with Crippen LogP contribution in [0.5, 0.6) is 0 Å². The molecule has 2 heteroatoms. The van der Waals surface area contributed by atoms with Crippen LogP contribution < -0.4 is 5.32 Å². The zero-order valence-electron chi connectivity index (χ0n) is 13.4. The van der Waals surface area contributed by atoms with Gasteiger partial charge in [-0.2, -0.15) is 0 Å². The first-order valence-corrected chi connectivity index (χ1v) is 8.56. The van der Waals surface area contributed by atoms with Crippen molar-refractivity contribution in [3.8, 4) is 0 Å². The normalized spacial score (nSPS) is 26.7. The number of piperidine rings is 1. The molecular formula is C17H34N2. The van der Waals surface area contributed by atoms with Gasteiger partial charge in [0.15, 0.2) is 0 Å². The van der Waals surface area contributed by atoms with Crippen LogP contribution in [0.25, 0.3) is 0 Å². The van der Waals surface area contributed by atoms with Gasteiger partial charge in [0, 0.05) is 19.1 Å². The van der Waals surface area contributed by atoms with Gasteiger partial charge in [-0.05, 0) is 56.5 Å². The molecule has 1 aliphatic carbocycles. The van der Waals surface area contributed by atoms with E-state index in [0.29, 0.717) is 5.41 Å². The Hall–Kier alpha value is -0.0800. The van der Waals surface area contributed by atoms with E-state index >= 15 is 0 Å². The third-order valence-corrected chi connectivity index (χ3v) is 5.06. The first-order valence-electron chi connectivity index (χ1n) is 8.56. The van der Waals surface area contributed by atoms with Crippen LogP contribution in [0.4, 0.5) is 0 Å².